The average Bonchev–Trinajstić information content (AvgIpc) is 2.81. The van der Waals surface area contributed by atoms with Crippen LogP contribution in [0.25, 0.3) is 0 Å². The number of rotatable bonds is 1. The predicted octanol–water partition coefficient (Wildman–Crippen LogP) is 2.15. The number of nitrogens with two attached hydrogens (primary N) is 1. The van der Waals surface area contributed by atoms with Crippen LogP contribution in [-0.2, 0) is 4.79 Å². The van der Waals surface area contributed by atoms with Crippen LogP contribution in [0.1, 0.15) is 51.4 Å². The molecule has 1 amide bonds. The first kappa shape index (κ1) is 12.5. The molecular weight excluding hydrogens is 224 g/mol. The van der Waals surface area contributed by atoms with Crippen molar-refractivity contribution in [3.05, 3.63) is 0 Å². The summed E-state index contributed by atoms with van der Waals surface area (Å²) in [6, 6.07) is 0.262. The zero-order valence-corrected chi connectivity index (χ0v) is 11.3. The Morgan fingerprint density at radius 2 is 1.61 bits per heavy atom. The Morgan fingerprint density at radius 1 is 0.944 bits per heavy atom. The highest BCUT2D eigenvalue weighted by Gasteiger charge is 2.38. The van der Waals surface area contributed by atoms with E-state index in [1.807, 2.05) is 0 Å². The van der Waals surface area contributed by atoms with Crippen LogP contribution < -0.4 is 5.73 Å². The average molecular weight is 250 g/mol. The first-order valence-corrected chi connectivity index (χ1v) is 7.78. The van der Waals surface area contributed by atoms with Crippen LogP contribution >= 0.6 is 0 Å². The van der Waals surface area contributed by atoms with Crippen LogP contribution in [0, 0.1) is 17.8 Å². The maximum Gasteiger partial charge on any atom is 0.225 e. The van der Waals surface area contributed by atoms with Gasteiger partial charge in [0, 0.05) is 25.0 Å². The normalized spacial score (nSPS) is 40.6. The lowest BCUT2D eigenvalue weighted by atomic mass is 9.82. The van der Waals surface area contributed by atoms with E-state index in [1.165, 1.54) is 25.7 Å². The molecule has 0 aromatic rings. The SMILES string of the molecule is NC1CCCC(C(=O)N2CC3CCCCC3C2)C1. The van der Waals surface area contributed by atoms with Crippen molar-refractivity contribution < 1.29 is 4.79 Å². The number of carbonyl (C=O) groups is 1. The monoisotopic (exact) mass is 250 g/mol. The van der Waals surface area contributed by atoms with Crippen LogP contribution in [0.5, 0.6) is 0 Å². The molecule has 3 heteroatoms. The van der Waals surface area contributed by atoms with E-state index >= 15 is 0 Å². The number of hydrogen-bond donors (Lipinski definition) is 1. The molecule has 1 saturated heterocycles. The van der Waals surface area contributed by atoms with Crippen molar-refractivity contribution in [3.8, 4) is 0 Å². The van der Waals surface area contributed by atoms with Gasteiger partial charge in [0.05, 0.1) is 0 Å². The highest BCUT2D eigenvalue weighted by Crippen LogP contribution is 2.37. The topological polar surface area (TPSA) is 46.3 Å². The van der Waals surface area contributed by atoms with E-state index in [4.69, 9.17) is 5.73 Å². The second-order valence-corrected chi connectivity index (χ2v) is 6.67. The van der Waals surface area contributed by atoms with E-state index in [9.17, 15) is 4.79 Å². The van der Waals surface area contributed by atoms with E-state index in [2.05, 4.69) is 4.90 Å². The molecule has 3 rings (SSSR count). The molecule has 1 aliphatic heterocycles. The van der Waals surface area contributed by atoms with Gasteiger partial charge in [-0.25, -0.2) is 0 Å². The molecule has 0 spiro atoms. The Labute approximate surface area is 110 Å². The quantitative estimate of drug-likeness (QED) is 0.775. The van der Waals surface area contributed by atoms with Crippen LogP contribution in [0.3, 0.4) is 0 Å². The molecule has 1 heterocycles. The van der Waals surface area contributed by atoms with E-state index < -0.39 is 0 Å². The van der Waals surface area contributed by atoms with Crippen LogP contribution in [0.15, 0.2) is 0 Å². The molecule has 0 bridgehead atoms. The summed E-state index contributed by atoms with van der Waals surface area (Å²) in [4.78, 5) is 14.7. The third-order valence-corrected chi connectivity index (χ3v) is 5.35. The lowest BCUT2D eigenvalue weighted by molar-refractivity contribution is -0.135. The zero-order chi connectivity index (χ0) is 12.5. The molecule has 18 heavy (non-hydrogen) atoms. The predicted molar refractivity (Wildman–Crippen MR) is 72.0 cm³/mol. The second-order valence-electron chi connectivity index (χ2n) is 6.67. The largest absolute Gasteiger partial charge is 0.342 e. The van der Waals surface area contributed by atoms with E-state index in [0.717, 1.165) is 50.6 Å². The highest BCUT2D eigenvalue weighted by molar-refractivity contribution is 5.79. The van der Waals surface area contributed by atoms with Crippen molar-refractivity contribution in [2.24, 2.45) is 23.5 Å². The molecule has 3 nitrogen and oxygen atoms in total. The standard InChI is InChI=1S/C15H26N2O/c16-14-7-3-6-11(8-14)15(18)17-9-12-4-1-2-5-13(12)10-17/h11-14H,1-10,16H2. The Morgan fingerprint density at radius 3 is 2.22 bits per heavy atom. The van der Waals surface area contributed by atoms with Crippen LogP contribution in [0.4, 0.5) is 0 Å². The Kier molecular flexibility index (Phi) is 3.60. The number of hydrogen-bond acceptors (Lipinski definition) is 2. The molecule has 4 atom stereocenters. The van der Waals surface area contributed by atoms with Crippen LogP contribution in [-0.4, -0.2) is 29.9 Å². The summed E-state index contributed by atoms with van der Waals surface area (Å²) in [5.74, 6) is 2.26. The summed E-state index contributed by atoms with van der Waals surface area (Å²) in [7, 11) is 0. The molecular formula is C15H26N2O. The van der Waals surface area contributed by atoms with Crippen molar-refractivity contribution in [1.82, 2.24) is 4.90 Å². The molecule has 3 fully saturated rings. The summed E-state index contributed by atoms with van der Waals surface area (Å²) in [5.41, 5.74) is 6.01. The van der Waals surface area contributed by atoms with Crippen molar-refractivity contribution >= 4 is 5.91 Å². The van der Waals surface area contributed by atoms with Gasteiger partial charge in [0.15, 0.2) is 0 Å². The Bertz CT molecular complexity index is 304. The summed E-state index contributed by atoms with van der Waals surface area (Å²) in [6.07, 6.45) is 9.67. The Hall–Kier alpha value is -0.570. The molecule has 0 aromatic carbocycles. The molecule has 4 unspecified atom stereocenters. The minimum absolute atomic E-state index is 0.230. The lowest BCUT2D eigenvalue weighted by Crippen LogP contribution is -2.39. The van der Waals surface area contributed by atoms with Gasteiger partial charge in [0.25, 0.3) is 0 Å². The number of likely N-dealkylation sites (tertiary alicyclic amines) is 1. The number of nitrogens with zero attached hydrogens (tertiary/aromatic N) is 1. The fraction of sp³-hybridized carbons (Fsp3) is 0.933. The van der Waals surface area contributed by atoms with Gasteiger partial charge in [-0.15, -0.1) is 0 Å². The van der Waals surface area contributed by atoms with Gasteiger partial charge in [-0.05, 0) is 43.9 Å². The lowest BCUT2D eigenvalue weighted by Gasteiger charge is -2.29. The third kappa shape index (κ3) is 2.42. The first-order chi connectivity index (χ1) is 8.74. The molecule has 3 aliphatic rings. The maximum absolute atomic E-state index is 12.6. The van der Waals surface area contributed by atoms with Crippen molar-refractivity contribution in [1.29, 1.82) is 0 Å². The molecule has 2 N–H and O–H groups in total. The minimum Gasteiger partial charge on any atom is -0.342 e. The van der Waals surface area contributed by atoms with Gasteiger partial charge >= 0.3 is 0 Å². The fourth-order valence-corrected chi connectivity index (χ4v) is 4.30. The van der Waals surface area contributed by atoms with Crippen molar-refractivity contribution in [2.75, 3.05) is 13.1 Å². The summed E-state index contributed by atoms with van der Waals surface area (Å²) < 4.78 is 0. The number of amides is 1. The molecule has 0 radical (unpaired) electrons. The highest BCUT2D eigenvalue weighted by atomic mass is 16.2. The van der Waals surface area contributed by atoms with Crippen LogP contribution in [0.2, 0.25) is 0 Å². The molecule has 2 saturated carbocycles. The van der Waals surface area contributed by atoms with Crippen molar-refractivity contribution in [2.45, 2.75) is 57.4 Å². The zero-order valence-electron chi connectivity index (χ0n) is 11.3. The van der Waals surface area contributed by atoms with Gasteiger partial charge in [-0.2, -0.15) is 0 Å². The third-order valence-electron chi connectivity index (χ3n) is 5.35. The summed E-state index contributed by atoms with van der Waals surface area (Å²) in [6.45, 7) is 2.07. The van der Waals surface area contributed by atoms with Crippen molar-refractivity contribution in [3.63, 3.8) is 0 Å². The van der Waals surface area contributed by atoms with Gasteiger partial charge in [-0.1, -0.05) is 19.3 Å². The first-order valence-electron chi connectivity index (χ1n) is 7.78. The number of fused-ring (bicyclic) bond motifs is 1. The van der Waals surface area contributed by atoms with E-state index in [1.54, 1.807) is 0 Å². The van der Waals surface area contributed by atoms with E-state index in [0.29, 0.717) is 5.91 Å². The van der Waals surface area contributed by atoms with E-state index in [-0.39, 0.29) is 12.0 Å². The molecule has 2 aliphatic carbocycles. The van der Waals surface area contributed by atoms with Gasteiger partial charge in [-0.3, -0.25) is 4.79 Å². The van der Waals surface area contributed by atoms with Gasteiger partial charge in [0.2, 0.25) is 5.91 Å². The van der Waals surface area contributed by atoms with Gasteiger partial charge < -0.3 is 10.6 Å². The smallest absolute Gasteiger partial charge is 0.225 e. The van der Waals surface area contributed by atoms with Gasteiger partial charge in [0.1, 0.15) is 0 Å². The minimum atomic E-state index is 0.230. The fourth-order valence-electron chi connectivity index (χ4n) is 4.30. The Balaban J connectivity index is 1.59. The summed E-state index contributed by atoms with van der Waals surface area (Å²) >= 11 is 0. The second kappa shape index (κ2) is 5.20. The molecule has 102 valence electrons. The number of carbonyl (C=O) groups excluding carboxylic acids is 1. The molecule has 0 aromatic heterocycles. The summed E-state index contributed by atoms with van der Waals surface area (Å²) in [5, 5.41) is 0. The maximum atomic E-state index is 12.6.